The molecule has 2 nitrogen and oxygen atoms in total. The fourth-order valence-corrected chi connectivity index (χ4v) is 1.43. The first-order valence-electron chi connectivity index (χ1n) is 5.25. The second kappa shape index (κ2) is 4.23. The van der Waals surface area contributed by atoms with E-state index in [2.05, 4.69) is 25.7 Å². The van der Waals surface area contributed by atoms with Gasteiger partial charge in [0, 0.05) is 12.0 Å². The minimum absolute atomic E-state index is 0.404. The standard InChI is InChI=1S/C11H21NO/c1-8(2)9(3)12(4)7-11(13)10-5-6-10/h8-10H,5-7H2,1-4H3. The van der Waals surface area contributed by atoms with Gasteiger partial charge >= 0.3 is 0 Å². The van der Waals surface area contributed by atoms with E-state index in [1.807, 2.05) is 7.05 Å². The highest BCUT2D eigenvalue weighted by molar-refractivity contribution is 5.84. The Morgan fingerprint density at radius 1 is 1.38 bits per heavy atom. The van der Waals surface area contributed by atoms with E-state index < -0.39 is 0 Å². The molecule has 0 aromatic carbocycles. The van der Waals surface area contributed by atoms with Gasteiger partial charge in [-0.1, -0.05) is 13.8 Å². The number of carbonyl (C=O) groups is 1. The number of rotatable bonds is 5. The summed E-state index contributed by atoms with van der Waals surface area (Å²) in [7, 11) is 2.05. The molecule has 0 radical (unpaired) electrons. The first-order chi connectivity index (χ1) is 6.02. The number of likely N-dealkylation sites (N-methyl/N-ethyl adjacent to an activating group) is 1. The molecule has 0 aliphatic heterocycles. The van der Waals surface area contributed by atoms with E-state index in [1.165, 1.54) is 0 Å². The van der Waals surface area contributed by atoms with Crippen molar-refractivity contribution < 1.29 is 4.79 Å². The van der Waals surface area contributed by atoms with Gasteiger partial charge in [-0.3, -0.25) is 9.69 Å². The van der Waals surface area contributed by atoms with Gasteiger partial charge in [-0.25, -0.2) is 0 Å². The maximum absolute atomic E-state index is 11.5. The molecule has 0 aromatic heterocycles. The SMILES string of the molecule is CC(C)C(C)N(C)CC(=O)C1CC1. The minimum Gasteiger partial charge on any atom is -0.298 e. The molecular weight excluding hydrogens is 162 g/mol. The Morgan fingerprint density at radius 2 is 1.92 bits per heavy atom. The van der Waals surface area contributed by atoms with Gasteiger partial charge in [0.05, 0.1) is 6.54 Å². The van der Waals surface area contributed by atoms with Crippen LogP contribution in [0.1, 0.15) is 33.6 Å². The normalized spacial score (nSPS) is 19.5. The number of Topliss-reactive ketones (excluding diaryl/α,β-unsaturated/α-hetero) is 1. The number of nitrogens with zero attached hydrogens (tertiary/aromatic N) is 1. The van der Waals surface area contributed by atoms with Crippen LogP contribution in [0.2, 0.25) is 0 Å². The third-order valence-corrected chi connectivity index (χ3v) is 3.10. The summed E-state index contributed by atoms with van der Waals surface area (Å²) in [5.41, 5.74) is 0. The van der Waals surface area contributed by atoms with Gasteiger partial charge in [-0.2, -0.15) is 0 Å². The summed E-state index contributed by atoms with van der Waals surface area (Å²) in [6, 6.07) is 0.502. The Balaban J connectivity index is 2.30. The molecule has 0 heterocycles. The molecule has 1 aliphatic carbocycles. The summed E-state index contributed by atoms with van der Waals surface area (Å²) < 4.78 is 0. The van der Waals surface area contributed by atoms with Gasteiger partial charge in [0.1, 0.15) is 5.78 Å². The highest BCUT2D eigenvalue weighted by atomic mass is 16.1. The topological polar surface area (TPSA) is 20.3 Å². The van der Waals surface area contributed by atoms with E-state index in [-0.39, 0.29) is 0 Å². The van der Waals surface area contributed by atoms with Crippen LogP contribution in [0.25, 0.3) is 0 Å². The van der Waals surface area contributed by atoms with Gasteiger partial charge in [-0.05, 0) is 32.7 Å². The highest BCUT2D eigenvalue weighted by Crippen LogP contribution is 2.30. The average Bonchev–Trinajstić information content (AvgIpc) is 2.84. The van der Waals surface area contributed by atoms with Crippen LogP contribution in [-0.4, -0.2) is 30.3 Å². The van der Waals surface area contributed by atoms with Crippen LogP contribution >= 0.6 is 0 Å². The molecule has 1 unspecified atom stereocenters. The Hall–Kier alpha value is -0.370. The number of hydrogen-bond donors (Lipinski definition) is 0. The lowest BCUT2D eigenvalue weighted by Gasteiger charge is -2.27. The zero-order valence-electron chi connectivity index (χ0n) is 9.21. The molecule has 0 bridgehead atoms. The molecule has 0 aromatic rings. The van der Waals surface area contributed by atoms with E-state index in [0.29, 0.717) is 30.2 Å². The second-order valence-corrected chi connectivity index (χ2v) is 4.64. The van der Waals surface area contributed by atoms with Crippen LogP contribution in [0, 0.1) is 11.8 Å². The average molecular weight is 183 g/mol. The van der Waals surface area contributed by atoms with Crippen molar-refractivity contribution in [1.29, 1.82) is 0 Å². The van der Waals surface area contributed by atoms with E-state index in [0.717, 1.165) is 12.8 Å². The summed E-state index contributed by atoms with van der Waals surface area (Å²) in [6.07, 6.45) is 2.26. The van der Waals surface area contributed by atoms with Crippen molar-refractivity contribution in [3.63, 3.8) is 0 Å². The Morgan fingerprint density at radius 3 is 2.31 bits per heavy atom. The molecule has 1 atom stereocenters. The van der Waals surface area contributed by atoms with Crippen LogP contribution < -0.4 is 0 Å². The molecule has 13 heavy (non-hydrogen) atoms. The molecule has 1 fully saturated rings. The van der Waals surface area contributed by atoms with Crippen LogP contribution in [-0.2, 0) is 4.79 Å². The van der Waals surface area contributed by atoms with Gasteiger partial charge < -0.3 is 0 Å². The van der Waals surface area contributed by atoms with Crippen molar-refractivity contribution >= 4 is 5.78 Å². The maximum Gasteiger partial charge on any atom is 0.149 e. The van der Waals surface area contributed by atoms with Crippen molar-refractivity contribution in [1.82, 2.24) is 4.90 Å². The van der Waals surface area contributed by atoms with Crippen molar-refractivity contribution in [3.05, 3.63) is 0 Å². The zero-order chi connectivity index (χ0) is 10.0. The first-order valence-corrected chi connectivity index (χ1v) is 5.25. The van der Waals surface area contributed by atoms with Gasteiger partial charge in [0.15, 0.2) is 0 Å². The van der Waals surface area contributed by atoms with Crippen molar-refractivity contribution in [2.45, 2.75) is 39.7 Å². The fraction of sp³-hybridized carbons (Fsp3) is 0.909. The molecule has 2 heteroatoms. The number of hydrogen-bond acceptors (Lipinski definition) is 2. The summed E-state index contributed by atoms with van der Waals surface area (Å²) in [4.78, 5) is 13.7. The largest absolute Gasteiger partial charge is 0.298 e. The van der Waals surface area contributed by atoms with Crippen LogP contribution in [0.3, 0.4) is 0 Å². The second-order valence-electron chi connectivity index (χ2n) is 4.64. The summed E-state index contributed by atoms with van der Waals surface area (Å²) in [5.74, 6) is 1.47. The van der Waals surface area contributed by atoms with Gasteiger partial charge in [0.25, 0.3) is 0 Å². The van der Waals surface area contributed by atoms with Gasteiger partial charge in [-0.15, -0.1) is 0 Å². The molecule has 0 spiro atoms. The molecule has 1 saturated carbocycles. The lowest BCUT2D eigenvalue weighted by Crippen LogP contribution is -2.37. The van der Waals surface area contributed by atoms with E-state index in [1.54, 1.807) is 0 Å². The van der Waals surface area contributed by atoms with Crippen LogP contribution in [0.5, 0.6) is 0 Å². The minimum atomic E-state index is 0.404. The van der Waals surface area contributed by atoms with E-state index in [9.17, 15) is 4.79 Å². The van der Waals surface area contributed by atoms with E-state index >= 15 is 0 Å². The molecular formula is C11H21NO. The van der Waals surface area contributed by atoms with Crippen molar-refractivity contribution in [2.24, 2.45) is 11.8 Å². The molecule has 76 valence electrons. The smallest absolute Gasteiger partial charge is 0.149 e. The Labute approximate surface area is 81.3 Å². The molecule has 0 amide bonds. The lowest BCUT2D eigenvalue weighted by molar-refractivity contribution is -0.121. The molecule has 0 N–H and O–H groups in total. The van der Waals surface area contributed by atoms with Crippen molar-refractivity contribution in [3.8, 4) is 0 Å². The Kier molecular flexibility index (Phi) is 3.48. The maximum atomic E-state index is 11.5. The fourth-order valence-electron chi connectivity index (χ4n) is 1.43. The zero-order valence-corrected chi connectivity index (χ0v) is 9.21. The van der Waals surface area contributed by atoms with Crippen LogP contribution in [0.15, 0.2) is 0 Å². The number of ketones is 1. The lowest BCUT2D eigenvalue weighted by atomic mass is 10.0. The third kappa shape index (κ3) is 3.11. The summed E-state index contributed by atoms with van der Waals surface area (Å²) in [5, 5.41) is 0. The number of carbonyl (C=O) groups excluding carboxylic acids is 1. The summed E-state index contributed by atoms with van der Waals surface area (Å²) >= 11 is 0. The quantitative estimate of drug-likeness (QED) is 0.649. The first kappa shape index (κ1) is 10.7. The monoisotopic (exact) mass is 183 g/mol. The van der Waals surface area contributed by atoms with Gasteiger partial charge in [0.2, 0.25) is 0 Å². The molecule has 1 rings (SSSR count). The van der Waals surface area contributed by atoms with Crippen LogP contribution in [0.4, 0.5) is 0 Å². The Bertz CT molecular complexity index is 185. The van der Waals surface area contributed by atoms with Crippen molar-refractivity contribution in [2.75, 3.05) is 13.6 Å². The van der Waals surface area contributed by atoms with E-state index in [4.69, 9.17) is 0 Å². The predicted octanol–water partition coefficient (Wildman–Crippen LogP) is 1.94. The third-order valence-electron chi connectivity index (χ3n) is 3.10. The predicted molar refractivity (Wildman–Crippen MR) is 54.7 cm³/mol. The highest BCUT2D eigenvalue weighted by Gasteiger charge is 2.30. The molecule has 0 saturated heterocycles. The summed E-state index contributed by atoms with van der Waals surface area (Å²) in [6.45, 7) is 7.22. The molecule has 1 aliphatic rings.